The molecule has 3 rings (SSSR count). The van der Waals surface area contributed by atoms with E-state index in [1.54, 1.807) is 30.5 Å². The molecular weight excluding hydrogens is 316 g/mol. The summed E-state index contributed by atoms with van der Waals surface area (Å²) >= 11 is 0. The second kappa shape index (κ2) is 7.39. The molecule has 2 atom stereocenters. The van der Waals surface area contributed by atoms with Crippen LogP contribution in [-0.4, -0.2) is 27.6 Å². The Balaban J connectivity index is 1.68. The number of imidazole rings is 1. The number of aromatic nitrogens is 2. The van der Waals surface area contributed by atoms with E-state index in [0.29, 0.717) is 11.3 Å². The number of aryl methyl sites for hydroxylation is 1. The number of fused-ring (bicyclic) bond motifs is 1. The third-order valence-corrected chi connectivity index (χ3v) is 4.41. The van der Waals surface area contributed by atoms with Crippen LogP contribution in [0.15, 0.2) is 36.7 Å². The van der Waals surface area contributed by atoms with Crippen LogP contribution in [0.1, 0.15) is 31.7 Å². The lowest BCUT2D eigenvalue weighted by molar-refractivity contribution is -0.130. The molecule has 0 fully saturated rings. The van der Waals surface area contributed by atoms with Gasteiger partial charge in [0.1, 0.15) is 17.6 Å². The molecule has 1 aromatic heterocycles. The van der Waals surface area contributed by atoms with E-state index in [1.165, 1.54) is 0 Å². The molecule has 6 nitrogen and oxygen atoms in total. The maximum absolute atomic E-state index is 12.8. The van der Waals surface area contributed by atoms with Crippen LogP contribution in [-0.2, 0) is 17.8 Å². The third kappa shape index (κ3) is 3.82. The summed E-state index contributed by atoms with van der Waals surface area (Å²) in [6.45, 7) is 4.60. The van der Waals surface area contributed by atoms with E-state index >= 15 is 0 Å². The Labute approximate surface area is 147 Å². The Morgan fingerprint density at radius 2 is 2.24 bits per heavy atom. The van der Waals surface area contributed by atoms with Gasteiger partial charge in [-0.2, -0.15) is 5.26 Å². The summed E-state index contributed by atoms with van der Waals surface area (Å²) in [4.78, 5) is 17.1. The van der Waals surface area contributed by atoms with Gasteiger partial charge in [-0.25, -0.2) is 4.98 Å². The number of ether oxygens (including phenoxy) is 1. The summed E-state index contributed by atoms with van der Waals surface area (Å²) in [5.41, 5.74) is 0.432. The number of hydrogen-bond donors (Lipinski definition) is 1. The fraction of sp³-hybridized carbons (Fsp3) is 0.421. The summed E-state index contributed by atoms with van der Waals surface area (Å²) in [6, 6.07) is 9.15. The molecule has 1 aliphatic heterocycles. The van der Waals surface area contributed by atoms with E-state index in [-0.39, 0.29) is 17.9 Å². The Hall–Kier alpha value is -2.81. The molecule has 25 heavy (non-hydrogen) atoms. The highest BCUT2D eigenvalue weighted by Crippen LogP contribution is 2.21. The molecule has 0 spiro atoms. The molecule has 1 aliphatic rings. The molecule has 0 radical (unpaired) electrons. The zero-order valence-corrected chi connectivity index (χ0v) is 14.5. The van der Waals surface area contributed by atoms with E-state index in [4.69, 9.17) is 4.74 Å². The molecule has 0 bridgehead atoms. The monoisotopic (exact) mass is 338 g/mol. The van der Waals surface area contributed by atoms with Crippen molar-refractivity contribution in [2.45, 2.75) is 45.4 Å². The summed E-state index contributed by atoms with van der Waals surface area (Å²) in [7, 11) is 0. The van der Waals surface area contributed by atoms with Crippen LogP contribution >= 0.6 is 0 Å². The maximum Gasteiger partial charge on any atom is 0.261 e. The van der Waals surface area contributed by atoms with Crippen LogP contribution in [0.25, 0.3) is 0 Å². The van der Waals surface area contributed by atoms with E-state index in [2.05, 4.69) is 20.9 Å². The van der Waals surface area contributed by atoms with Crippen LogP contribution < -0.4 is 10.1 Å². The second-order valence-corrected chi connectivity index (χ2v) is 6.63. The van der Waals surface area contributed by atoms with Crippen molar-refractivity contribution in [2.75, 3.05) is 0 Å². The minimum Gasteiger partial charge on any atom is -0.479 e. The molecule has 0 unspecified atom stereocenters. The zero-order chi connectivity index (χ0) is 17.8. The number of nitrogens with one attached hydrogen (secondary N) is 1. The van der Waals surface area contributed by atoms with Gasteiger partial charge in [-0.15, -0.1) is 0 Å². The molecule has 0 aliphatic carbocycles. The van der Waals surface area contributed by atoms with E-state index in [1.807, 2.05) is 20.0 Å². The normalized spacial score (nSPS) is 17.4. The van der Waals surface area contributed by atoms with Crippen molar-refractivity contribution in [1.29, 1.82) is 5.26 Å². The van der Waals surface area contributed by atoms with Crippen molar-refractivity contribution in [2.24, 2.45) is 5.92 Å². The van der Waals surface area contributed by atoms with Gasteiger partial charge in [0.15, 0.2) is 6.10 Å². The van der Waals surface area contributed by atoms with Crippen molar-refractivity contribution in [3.8, 4) is 11.8 Å². The Bertz CT molecular complexity index is 791. The Morgan fingerprint density at radius 1 is 1.44 bits per heavy atom. The van der Waals surface area contributed by atoms with Crippen LogP contribution in [0, 0.1) is 17.2 Å². The highest BCUT2D eigenvalue weighted by Gasteiger charge is 2.28. The molecule has 0 saturated heterocycles. The van der Waals surface area contributed by atoms with Crippen LogP contribution in [0.5, 0.6) is 5.75 Å². The first-order valence-corrected chi connectivity index (χ1v) is 8.54. The number of para-hydroxylation sites is 1. The van der Waals surface area contributed by atoms with Crippen LogP contribution in [0.2, 0.25) is 0 Å². The number of amides is 1. The molecule has 6 heteroatoms. The quantitative estimate of drug-likeness (QED) is 0.907. The van der Waals surface area contributed by atoms with Crippen molar-refractivity contribution >= 4 is 5.91 Å². The predicted octanol–water partition coefficient (Wildman–Crippen LogP) is 2.29. The van der Waals surface area contributed by atoms with E-state index in [0.717, 1.165) is 25.2 Å². The predicted molar refractivity (Wildman–Crippen MR) is 92.9 cm³/mol. The number of carbonyl (C=O) groups is 1. The number of carbonyl (C=O) groups excluding carboxylic acids is 1. The average Bonchev–Trinajstić information content (AvgIpc) is 3.07. The largest absolute Gasteiger partial charge is 0.479 e. The lowest BCUT2D eigenvalue weighted by atomic mass is 10.0. The first-order valence-electron chi connectivity index (χ1n) is 8.54. The van der Waals surface area contributed by atoms with Crippen molar-refractivity contribution < 1.29 is 9.53 Å². The van der Waals surface area contributed by atoms with Gasteiger partial charge in [-0.3, -0.25) is 4.79 Å². The first-order chi connectivity index (χ1) is 12.1. The number of rotatable bonds is 5. The van der Waals surface area contributed by atoms with Gasteiger partial charge in [0.05, 0.1) is 5.56 Å². The van der Waals surface area contributed by atoms with Gasteiger partial charge in [0.2, 0.25) is 0 Å². The van der Waals surface area contributed by atoms with Gasteiger partial charge in [0, 0.05) is 31.4 Å². The van der Waals surface area contributed by atoms with E-state index in [9.17, 15) is 10.1 Å². The smallest absolute Gasteiger partial charge is 0.261 e. The number of nitrogens with zero attached hydrogens (tertiary/aromatic N) is 3. The molecule has 0 saturated carbocycles. The third-order valence-electron chi connectivity index (χ3n) is 4.41. The summed E-state index contributed by atoms with van der Waals surface area (Å²) in [5.74, 6) is 1.35. The number of benzene rings is 1. The maximum atomic E-state index is 12.8. The van der Waals surface area contributed by atoms with Crippen molar-refractivity contribution in [1.82, 2.24) is 14.9 Å². The molecular formula is C19H22N4O2. The summed E-state index contributed by atoms with van der Waals surface area (Å²) in [6.07, 6.45) is 4.80. The SMILES string of the molecule is CC(C)[C@H](Oc1ccccc1C#N)C(=O)N[C@@H]1CCc2nccn2C1. The lowest BCUT2D eigenvalue weighted by Gasteiger charge is -2.28. The number of hydrogen-bond acceptors (Lipinski definition) is 4. The topological polar surface area (TPSA) is 79.9 Å². The Morgan fingerprint density at radius 3 is 3.00 bits per heavy atom. The van der Waals surface area contributed by atoms with Gasteiger partial charge in [-0.1, -0.05) is 26.0 Å². The average molecular weight is 338 g/mol. The van der Waals surface area contributed by atoms with Crippen LogP contribution in [0.4, 0.5) is 0 Å². The number of nitriles is 1. The highest BCUT2D eigenvalue weighted by molar-refractivity contribution is 5.81. The minimum absolute atomic E-state index is 0.0147. The van der Waals surface area contributed by atoms with Crippen LogP contribution in [0.3, 0.4) is 0 Å². The standard InChI is InChI=1S/C19H22N4O2/c1-13(2)18(25-16-6-4-3-5-14(16)11-20)19(24)22-15-7-8-17-21-9-10-23(17)12-15/h3-6,9-10,13,15,18H,7-8,12H2,1-2H3,(H,22,24)/t15-,18+/m1/s1. The molecule has 2 aromatic rings. The zero-order valence-electron chi connectivity index (χ0n) is 14.5. The van der Waals surface area contributed by atoms with Gasteiger partial charge < -0.3 is 14.6 Å². The Kier molecular flexibility index (Phi) is 5.03. The lowest BCUT2D eigenvalue weighted by Crippen LogP contribution is -2.48. The van der Waals surface area contributed by atoms with Crippen molar-refractivity contribution in [3.63, 3.8) is 0 Å². The summed E-state index contributed by atoms with van der Waals surface area (Å²) in [5, 5.41) is 12.3. The molecule has 130 valence electrons. The van der Waals surface area contributed by atoms with E-state index < -0.39 is 6.10 Å². The second-order valence-electron chi connectivity index (χ2n) is 6.63. The van der Waals surface area contributed by atoms with Gasteiger partial charge >= 0.3 is 0 Å². The fourth-order valence-electron chi connectivity index (χ4n) is 3.06. The highest BCUT2D eigenvalue weighted by atomic mass is 16.5. The summed E-state index contributed by atoms with van der Waals surface area (Å²) < 4.78 is 7.98. The molecule has 1 aromatic carbocycles. The van der Waals surface area contributed by atoms with Gasteiger partial charge in [0.25, 0.3) is 5.91 Å². The molecule has 1 N–H and O–H groups in total. The molecule has 2 heterocycles. The van der Waals surface area contributed by atoms with Crippen molar-refractivity contribution in [3.05, 3.63) is 48.0 Å². The minimum atomic E-state index is -0.640. The molecule has 1 amide bonds. The first kappa shape index (κ1) is 17.0. The van der Waals surface area contributed by atoms with Gasteiger partial charge in [-0.05, 0) is 24.5 Å². The fourth-order valence-corrected chi connectivity index (χ4v) is 3.06.